The van der Waals surface area contributed by atoms with E-state index in [9.17, 15) is 4.79 Å². The van der Waals surface area contributed by atoms with E-state index >= 15 is 0 Å². The molecular formula is C8H13NO3. The summed E-state index contributed by atoms with van der Waals surface area (Å²) in [5, 5.41) is 11.8. The van der Waals surface area contributed by atoms with Gasteiger partial charge in [-0.3, -0.25) is 4.79 Å². The van der Waals surface area contributed by atoms with Crippen LogP contribution in [0.25, 0.3) is 0 Å². The van der Waals surface area contributed by atoms with Crippen LogP contribution in [0.2, 0.25) is 0 Å². The lowest BCUT2D eigenvalue weighted by Gasteiger charge is -2.11. The van der Waals surface area contributed by atoms with Crippen molar-refractivity contribution >= 4 is 5.97 Å². The average molecular weight is 171 g/mol. The summed E-state index contributed by atoms with van der Waals surface area (Å²) in [5.74, 6) is -0.738. The van der Waals surface area contributed by atoms with Crippen LogP contribution >= 0.6 is 0 Å². The lowest BCUT2D eigenvalue weighted by atomic mass is 10.0. The van der Waals surface area contributed by atoms with E-state index in [0.29, 0.717) is 12.6 Å². The number of hydrogen-bond donors (Lipinski definition) is 2. The van der Waals surface area contributed by atoms with Gasteiger partial charge in [0.25, 0.3) is 0 Å². The first-order chi connectivity index (χ1) is 5.68. The number of ether oxygens (including phenoxy) is 1. The molecule has 1 saturated carbocycles. The normalized spacial score (nSPS) is 44.1. The second kappa shape index (κ2) is 2.44. The molecule has 0 aromatic rings. The van der Waals surface area contributed by atoms with E-state index in [1.165, 1.54) is 0 Å². The molecule has 0 aromatic heterocycles. The quantitative estimate of drug-likeness (QED) is 0.619. The molecule has 2 rings (SSSR count). The van der Waals surface area contributed by atoms with Crippen LogP contribution in [-0.2, 0) is 9.53 Å². The fourth-order valence-corrected chi connectivity index (χ4v) is 2.18. The van der Waals surface area contributed by atoms with Crippen LogP contribution in [0.15, 0.2) is 0 Å². The minimum absolute atomic E-state index is 0.151. The van der Waals surface area contributed by atoms with Gasteiger partial charge in [-0.15, -0.1) is 0 Å². The largest absolute Gasteiger partial charge is 0.480 e. The first kappa shape index (κ1) is 8.01. The number of methoxy groups -OCH3 is 1. The van der Waals surface area contributed by atoms with Crippen LogP contribution in [0.4, 0.5) is 0 Å². The second-order valence-corrected chi connectivity index (χ2v) is 3.81. The highest BCUT2D eigenvalue weighted by Gasteiger charge is 2.61. The lowest BCUT2D eigenvalue weighted by Crippen LogP contribution is -2.33. The Kier molecular flexibility index (Phi) is 1.63. The first-order valence-corrected chi connectivity index (χ1v) is 4.16. The van der Waals surface area contributed by atoms with Gasteiger partial charge in [0, 0.05) is 18.6 Å². The zero-order valence-electron chi connectivity index (χ0n) is 7.04. The van der Waals surface area contributed by atoms with Crippen molar-refractivity contribution in [3.05, 3.63) is 0 Å². The second-order valence-electron chi connectivity index (χ2n) is 3.81. The molecule has 0 spiro atoms. The molecule has 2 N–H and O–H groups in total. The van der Waals surface area contributed by atoms with Gasteiger partial charge in [-0.1, -0.05) is 0 Å². The Morgan fingerprint density at radius 3 is 3.00 bits per heavy atom. The van der Waals surface area contributed by atoms with E-state index < -0.39 is 5.97 Å². The average Bonchev–Trinajstić information content (AvgIpc) is 2.54. The SMILES string of the molecule is COCC12CC(C(=O)O)NC1C2. The van der Waals surface area contributed by atoms with Gasteiger partial charge in [0.2, 0.25) is 0 Å². The maximum atomic E-state index is 10.6. The molecule has 1 heterocycles. The minimum atomic E-state index is -0.738. The molecule has 1 saturated heterocycles. The molecule has 2 aliphatic rings. The molecule has 0 aromatic carbocycles. The Hall–Kier alpha value is -0.610. The molecule has 12 heavy (non-hydrogen) atoms. The Labute approximate surface area is 70.9 Å². The van der Waals surface area contributed by atoms with Crippen LogP contribution in [-0.4, -0.2) is 36.9 Å². The van der Waals surface area contributed by atoms with Gasteiger partial charge in [0.1, 0.15) is 6.04 Å². The van der Waals surface area contributed by atoms with Crippen molar-refractivity contribution in [3.8, 4) is 0 Å². The zero-order valence-corrected chi connectivity index (χ0v) is 7.04. The van der Waals surface area contributed by atoms with Crippen LogP contribution in [0.1, 0.15) is 12.8 Å². The summed E-state index contributed by atoms with van der Waals surface area (Å²) in [5.41, 5.74) is 0.151. The molecule has 0 amide bonds. The third-order valence-corrected chi connectivity index (χ3v) is 2.93. The smallest absolute Gasteiger partial charge is 0.320 e. The van der Waals surface area contributed by atoms with Gasteiger partial charge in [-0.2, -0.15) is 0 Å². The molecule has 4 nitrogen and oxygen atoms in total. The summed E-state index contributed by atoms with van der Waals surface area (Å²) in [6.07, 6.45) is 1.80. The number of aliphatic carboxylic acids is 1. The Bertz CT molecular complexity index is 218. The molecule has 3 atom stereocenters. The van der Waals surface area contributed by atoms with Crippen molar-refractivity contribution in [2.75, 3.05) is 13.7 Å². The van der Waals surface area contributed by atoms with Crippen molar-refractivity contribution in [1.82, 2.24) is 5.32 Å². The first-order valence-electron chi connectivity index (χ1n) is 4.16. The summed E-state index contributed by atoms with van der Waals surface area (Å²) in [7, 11) is 1.66. The van der Waals surface area contributed by atoms with Crippen LogP contribution in [0, 0.1) is 5.41 Å². The number of fused-ring (bicyclic) bond motifs is 1. The fraction of sp³-hybridized carbons (Fsp3) is 0.875. The number of rotatable bonds is 3. The summed E-state index contributed by atoms with van der Waals surface area (Å²) in [6.45, 7) is 0.689. The number of hydrogen-bond acceptors (Lipinski definition) is 3. The summed E-state index contributed by atoms with van der Waals surface area (Å²) in [6, 6.07) is 0.0393. The van der Waals surface area contributed by atoms with Crippen molar-refractivity contribution in [2.24, 2.45) is 5.41 Å². The lowest BCUT2D eigenvalue weighted by molar-refractivity contribution is -0.139. The fourth-order valence-electron chi connectivity index (χ4n) is 2.18. The third kappa shape index (κ3) is 1.03. The molecule has 1 aliphatic heterocycles. The van der Waals surface area contributed by atoms with Gasteiger partial charge < -0.3 is 15.2 Å². The van der Waals surface area contributed by atoms with Crippen molar-refractivity contribution in [1.29, 1.82) is 0 Å². The number of carbonyl (C=O) groups is 1. The van der Waals surface area contributed by atoms with Gasteiger partial charge in [0.15, 0.2) is 0 Å². The van der Waals surface area contributed by atoms with Crippen LogP contribution in [0.5, 0.6) is 0 Å². The summed E-state index contributed by atoms with van der Waals surface area (Å²) in [4.78, 5) is 10.6. The van der Waals surface area contributed by atoms with Gasteiger partial charge in [-0.25, -0.2) is 0 Å². The van der Waals surface area contributed by atoms with Crippen molar-refractivity contribution in [3.63, 3.8) is 0 Å². The van der Waals surface area contributed by atoms with E-state index in [0.717, 1.165) is 12.8 Å². The number of carboxylic acid groups (broad SMARTS) is 1. The van der Waals surface area contributed by atoms with Gasteiger partial charge in [0.05, 0.1) is 6.61 Å². The maximum absolute atomic E-state index is 10.6. The van der Waals surface area contributed by atoms with Crippen LogP contribution < -0.4 is 5.32 Å². The third-order valence-electron chi connectivity index (χ3n) is 2.93. The standard InChI is InChI=1S/C8H13NO3/c1-12-4-8-2-5(7(10)11)9-6(8)3-8/h5-6,9H,2-4H2,1H3,(H,10,11). The van der Waals surface area contributed by atoms with Gasteiger partial charge in [-0.05, 0) is 12.8 Å². The number of nitrogens with one attached hydrogen (secondary N) is 1. The van der Waals surface area contributed by atoms with Crippen molar-refractivity contribution in [2.45, 2.75) is 24.9 Å². The highest BCUT2D eigenvalue weighted by molar-refractivity contribution is 5.74. The highest BCUT2D eigenvalue weighted by atomic mass is 16.5. The molecule has 1 aliphatic carbocycles. The Morgan fingerprint density at radius 1 is 1.75 bits per heavy atom. The predicted octanol–water partition coefficient (Wildman–Crippen LogP) is -0.162. The molecule has 4 heteroatoms. The minimum Gasteiger partial charge on any atom is -0.480 e. The van der Waals surface area contributed by atoms with Crippen LogP contribution in [0.3, 0.4) is 0 Å². The molecule has 0 bridgehead atoms. The summed E-state index contributed by atoms with van der Waals surface area (Å²) < 4.78 is 5.07. The van der Waals surface area contributed by atoms with E-state index in [-0.39, 0.29) is 11.5 Å². The number of piperidine rings is 1. The Morgan fingerprint density at radius 2 is 2.50 bits per heavy atom. The number of carboxylic acids is 1. The summed E-state index contributed by atoms with van der Waals surface area (Å²) >= 11 is 0. The van der Waals surface area contributed by atoms with E-state index in [2.05, 4.69) is 5.32 Å². The Balaban J connectivity index is 1.96. The molecule has 3 unspecified atom stereocenters. The molecule has 68 valence electrons. The predicted molar refractivity (Wildman–Crippen MR) is 41.9 cm³/mol. The topological polar surface area (TPSA) is 58.6 Å². The van der Waals surface area contributed by atoms with Crippen molar-refractivity contribution < 1.29 is 14.6 Å². The highest BCUT2D eigenvalue weighted by Crippen LogP contribution is 2.54. The monoisotopic (exact) mass is 171 g/mol. The van der Waals surface area contributed by atoms with E-state index in [1.54, 1.807) is 7.11 Å². The van der Waals surface area contributed by atoms with E-state index in [4.69, 9.17) is 9.84 Å². The van der Waals surface area contributed by atoms with Gasteiger partial charge >= 0.3 is 5.97 Å². The zero-order chi connectivity index (χ0) is 8.77. The van der Waals surface area contributed by atoms with E-state index in [1.807, 2.05) is 0 Å². The molecule has 0 radical (unpaired) electrons. The maximum Gasteiger partial charge on any atom is 0.320 e. The molecule has 2 fully saturated rings. The molecular weight excluding hydrogens is 158 g/mol.